The van der Waals surface area contributed by atoms with Crippen molar-refractivity contribution in [2.24, 2.45) is 0 Å². The summed E-state index contributed by atoms with van der Waals surface area (Å²) in [6, 6.07) is 14.5. The summed E-state index contributed by atoms with van der Waals surface area (Å²) >= 11 is 0. The molecule has 0 unspecified atom stereocenters. The molecule has 0 fully saturated rings. The molecule has 0 saturated carbocycles. The van der Waals surface area contributed by atoms with Gasteiger partial charge in [-0.2, -0.15) is 0 Å². The lowest BCUT2D eigenvalue weighted by Crippen LogP contribution is -2.43. The van der Waals surface area contributed by atoms with Gasteiger partial charge < -0.3 is 9.15 Å². The third-order valence-corrected chi connectivity index (χ3v) is 4.38. The van der Waals surface area contributed by atoms with Gasteiger partial charge in [0.25, 0.3) is 17.7 Å². The standard InChI is InChI=1S/C20H15N3O5/c1-12(23-18(24)14-9-5-6-10-15(14)19(23)25)20(26)27-11-16-21-22-17(28-16)13-7-3-2-4-8-13/h2-10,12H,11H2,1H3/t12-/m0/s1. The van der Waals surface area contributed by atoms with E-state index < -0.39 is 23.8 Å². The van der Waals surface area contributed by atoms with Gasteiger partial charge in [-0.15, -0.1) is 10.2 Å². The number of imide groups is 1. The predicted octanol–water partition coefficient (Wildman–Crippen LogP) is 2.46. The molecule has 4 rings (SSSR count). The van der Waals surface area contributed by atoms with Crippen LogP contribution in [0, 0.1) is 0 Å². The molecule has 2 amide bonds. The molecule has 0 saturated heterocycles. The smallest absolute Gasteiger partial charge is 0.329 e. The molecule has 8 heteroatoms. The maximum absolute atomic E-state index is 12.4. The van der Waals surface area contributed by atoms with E-state index in [1.165, 1.54) is 6.92 Å². The van der Waals surface area contributed by atoms with Crippen molar-refractivity contribution in [1.82, 2.24) is 15.1 Å². The van der Waals surface area contributed by atoms with Crippen LogP contribution in [0.3, 0.4) is 0 Å². The Kier molecular flexibility index (Phi) is 4.44. The van der Waals surface area contributed by atoms with Crippen LogP contribution in [0.25, 0.3) is 11.5 Å². The highest BCUT2D eigenvalue weighted by Crippen LogP contribution is 2.25. The number of carbonyl (C=O) groups is 3. The summed E-state index contributed by atoms with van der Waals surface area (Å²) in [5, 5.41) is 7.75. The van der Waals surface area contributed by atoms with Gasteiger partial charge in [-0.1, -0.05) is 30.3 Å². The monoisotopic (exact) mass is 377 g/mol. The zero-order valence-corrected chi connectivity index (χ0v) is 14.9. The Morgan fingerprint density at radius 2 is 1.61 bits per heavy atom. The van der Waals surface area contributed by atoms with Crippen molar-refractivity contribution in [2.75, 3.05) is 0 Å². The number of hydrogen-bond donors (Lipinski definition) is 0. The second kappa shape index (κ2) is 7.07. The quantitative estimate of drug-likeness (QED) is 0.497. The van der Waals surface area contributed by atoms with Gasteiger partial charge in [-0.3, -0.25) is 14.5 Å². The zero-order valence-electron chi connectivity index (χ0n) is 14.9. The number of aromatic nitrogens is 2. The average Bonchev–Trinajstić information content (AvgIpc) is 3.30. The van der Waals surface area contributed by atoms with E-state index in [1.54, 1.807) is 24.3 Å². The van der Waals surface area contributed by atoms with E-state index in [2.05, 4.69) is 10.2 Å². The summed E-state index contributed by atoms with van der Waals surface area (Å²) in [6.07, 6.45) is 0. The van der Waals surface area contributed by atoms with Crippen molar-refractivity contribution in [1.29, 1.82) is 0 Å². The molecule has 1 atom stereocenters. The van der Waals surface area contributed by atoms with E-state index in [9.17, 15) is 14.4 Å². The van der Waals surface area contributed by atoms with E-state index in [-0.39, 0.29) is 23.6 Å². The highest BCUT2D eigenvalue weighted by Gasteiger charge is 2.41. The molecule has 1 aromatic heterocycles. The van der Waals surface area contributed by atoms with E-state index in [1.807, 2.05) is 30.3 Å². The first-order chi connectivity index (χ1) is 13.6. The highest BCUT2D eigenvalue weighted by molar-refractivity contribution is 6.22. The minimum Gasteiger partial charge on any atom is -0.454 e. The molecular formula is C20H15N3O5. The molecule has 1 aliphatic heterocycles. The Bertz CT molecular complexity index is 1030. The van der Waals surface area contributed by atoms with Crippen molar-refractivity contribution < 1.29 is 23.5 Å². The van der Waals surface area contributed by atoms with Crippen LogP contribution in [0.2, 0.25) is 0 Å². The molecule has 0 bridgehead atoms. The number of benzene rings is 2. The molecule has 2 aromatic carbocycles. The van der Waals surface area contributed by atoms with Crippen LogP contribution < -0.4 is 0 Å². The van der Waals surface area contributed by atoms with Crippen LogP contribution in [0.5, 0.6) is 0 Å². The number of ether oxygens (including phenoxy) is 1. The van der Waals surface area contributed by atoms with Crippen LogP contribution in [0.4, 0.5) is 0 Å². The molecule has 140 valence electrons. The molecule has 0 aliphatic carbocycles. The fourth-order valence-electron chi connectivity index (χ4n) is 2.93. The SMILES string of the molecule is C[C@@H](C(=O)OCc1nnc(-c2ccccc2)o1)N1C(=O)c2ccccc2C1=O. The topological polar surface area (TPSA) is 103 Å². The number of esters is 1. The number of amides is 2. The van der Waals surface area contributed by atoms with Crippen molar-refractivity contribution in [3.8, 4) is 11.5 Å². The Hall–Kier alpha value is -3.81. The number of carbonyl (C=O) groups excluding carboxylic acids is 3. The minimum atomic E-state index is -1.08. The summed E-state index contributed by atoms with van der Waals surface area (Å²) in [5.74, 6) is -1.36. The Morgan fingerprint density at radius 1 is 1.00 bits per heavy atom. The van der Waals surface area contributed by atoms with Crippen molar-refractivity contribution in [3.63, 3.8) is 0 Å². The normalized spacial score (nSPS) is 14.1. The number of fused-ring (bicyclic) bond motifs is 1. The lowest BCUT2D eigenvalue weighted by Gasteiger charge is -2.20. The van der Waals surface area contributed by atoms with Crippen LogP contribution in [-0.2, 0) is 16.1 Å². The Morgan fingerprint density at radius 3 is 2.25 bits per heavy atom. The zero-order chi connectivity index (χ0) is 19.7. The summed E-state index contributed by atoms with van der Waals surface area (Å²) in [7, 11) is 0. The van der Waals surface area contributed by atoms with E-state index in [0.717, 1.165) is 10.5 Å². The summed E-state index contributed by atoms with van der Waals surface area (Å²) in [4.78, 5) is 38.2. The van der Waals surface area contributed by atoms with Gasteiger partial charge in [0, 0.05) is 5.56 Å². The molecular weight excluding hydrogens is 362 g/mol. The van der Waals surface area contributed by atoms with Crippen LogP contribution in [0.15, 0.2) is 59.0 Å². The lowest BCUT2D eigenvalue weighted by atomic mass is 10.1. The second-order valence-corrected chi connectivity index (χ2v) is 6.18. The lowest BCUT2D eigenvalue weighted by molar-refractivity contribution is -0.149. The molecule has 8 nitrogen and oxygen atoms in total. The highest BCUT2D eigenvalue weighted by atomic mass is 16.5. The van der Waals surface area contributed by atoms with Crippen LogP contribution in [0.1, 0.15) is 33.5 Å². The molecule has 0 spiro atoms. The summed E-state index contributed by atoms with van der Waals surface area (Å²) < 4.78 is 10.6. The van der Waals surface area contributed by atoms with Gasteiger partial charge >= 0.3 is 5.97 Å². The first kappa shape index (κ1) is 17.6. The minimum absolute atomic E-state index is 0.113. The maximum atomic E-state index is 12.4. The summed E-state index contributed by atoms with van der Waals surface area (Å²) in [5.41, 5.74) is 1.29. The van der Waals surface area contributed by atoms with Gasteiger partial charge in [0.15, 0.2) is 6.61 Å². The van der Waals surface area contributed by atoms with Gasteiger partial charge in [0.05, 0.1) is 11.1 Å². The van der Waals surface area contributed by atoms with Gasteiger partial charge in [0.1, 0.15) is 6.04 Å². The van der Waals surface area contributed by atoms with Crippen molar-refractivity contribution in [3.05, 3.63) is 71.6 Å². The predicted molar refractivity (Wildman–Crippen MR) is 95.9 cm³/mol. The van der Waals surface area contributed by atoms with Crippen molar-refractivity contribution in [2.45, 2.75) is 19.6 Å². The van der Waals surface area contributed by atoms with Crippen LogP contribution >= 0.6 is 0 Å². The third-order valence-electron chi connectivity index (χ3n) is 4.38. The fourth-order valence-corrected chi connectivity index (χ4v) is 2.93. The van der Waals surface area contributed by atoms with E-state index in [0.29, 0.717) is 5.89 Å². The summed E-state index contributed by atoms with van der Waals surface area (Å²) in [6.45, 7) is 1.18. The fraction of sp³-hybridized carbons (Fsp3) is 0.150. The van der Waals surface area contributed by atoms with Gasteiger partial charge in [-0.05, 0) is 31.2 Å². The molecule has 28 heavy (non-hydrogen) atoms. The van der Waals surface area contributed by atoms with Crippen molar-refractivity contribution >= 4 is 17.8 Å². The second-order valence-electron chi connectivity index (χ2n) is 6.18. The van der Waals surface area contributed by atoms with Crippen LogP contribution in [-0.4, -0.2) is 38.9 Å². The molecule has 3 aromatic rings. The maximum Gasteiger partial charge on any atom is 0.329 e. The average molecular weight is 377 g/mol. The molecule has 1 aliphatic rings. The molecule has 0 radical (unpaired) electrons. The third kappa shape index (κ3) is 3.05. The Balaban J connectivity index is 1.42. The van der Waals surface area contributed by atoms with E-state index in [4.69, 9.17) is 9.15 Å². The van der Waals surface area contributed by atoms with Gasteiger partial charge in [0.2, 0.25) is 5.89 Å². The number of nitrogens with zero attached hydrogens (tertiary/aromatic N) is 3. The number of hydrogen-bond acceptors (Lipinski definition) is 7. The van der Waals surface area contributed by atoms with Gasteiger partial charge in [-0.25, -0.2) is 4.79 Å². The number of rotatable bonds is 5. The first-order valence-corrected chi connectivity index (χ1v) is 8.57. The Labute approximate surface area is 159 Å². The molecule has 0 N–H and O–H groups in total. The van der Waals surface area contributed by atoms with E-state index >= 15 is 0 Å². The molecule has 2 heterocycles. The first-order valence-electron chi connectivity index (χ1n) is 8.57. The largest absolute Gasteiger partial charge is 0.454 e.